The Hall–Kier alpha value is -1.53. The van der Waals surface area contributed by atoms with Gasteiger partial charge in [-0.3, -0.25) is 0 Å². The summed E-state index contributed by atoms with van der Waals surface area (Å²) in [6.45, 7) is 3.23. The number of nitrogens with zero attached hydrogens (tertiary/aromatic N) is 3. The summed E-state index contributed by atoms with van der Waals surface area (Å²) >= 11 is 6.01. The van der Waals surface area contributed by atoms with Crippen molar-refractivity contribution in [3.63, 3.8) is 0 Å². The molecule has 1 fully saturated rings. The molecule has 0 spiro atoms. The number of alkyl halides is 1. The van der Waals surface area contributed by atoms with Gasteiger partial charge < -0.3 is 4.57 Å². The zero-order valence-corrected chi connectivity index (χ0v) is 11.7. The van der Waals surface area contributed by atoms with Crippen molar-refractivity contribution in [2.75, 3.05) is 0 Å². The Balaban J connectivity index is 2.05. The number of fused-ring (bicyclic) bond motifs is 1. The highest BCUT2D eigenvalue weighted by atomic mass is 35.5. The van der Waals surface area contributed by atoms with Crippen LogP contribution in [-0.4, -0.2) is 9.55 Å². The lowest BCUT2D eigenvalue weighted by Gasteiger charge is -2.14. The Labute approximate surface area is 117 Å². The first-order valence-corrected chi connectivity index (χ1v) is 7.21. The summed E-state index contributed by atoms with van der Waals surface area (Å²) in [4.78, 5) is 4.56. The number of benzene rings is 1. The first-order chi connectivity index (χ1) is 9.22. The first-order valence-electron chi connectivity index (χ1n) is 6.68. The summed E-state index contributed by atoms with van der Waals surface area (Å²) in [7, 11) is 0. The summed E-state index contributed by atoms with van der Waals surface area (Å²) in [5, 5.41) is 9.03. The van der Waals surface area contributed by atoms with Crippen LogP contribution in [0.2, 0.25) is 0 Å². The van der Waals surface area contributed by atoms with Crippen molar-refractivity contribution in [1.29, 1.82) is 5.26 Å². The molecule has 0 saturated heterocycles. The molecule has 1 atom stereocenters. The molecular weight excluding hydrogens is 258 g/mol. The van der Waals surface area contributed by atoms with Crippen molar-refractivity contribution < 1.29 is 0 Å². The average Bonchev–Trinajstić information content (AvgIpc) is 3.22. The van der Waals surface area contributed by atoms with Crippen molar-refractivity contribution in [3.8, 4) is 6.07 Å². The molecule has 1 aromatic heterocycles. The van der Waals surface area contributed by atoms with Gasteiger partial charge in [0.15, 0.2) is 0 Å². The third kappa shape index (κ3) is 2.33. The molecule has 1 aliphatic carbocycles. The molecule has 1 aromatic carbocycles. The zero-order valence-electron chi connectivity index (χ0n) is 10.9. The van der Waals surface area contributed by atoms with Gasteiger partial charge in [-0.1, -0.05) is 6.92 Å². The Morgan fingerprint density at radius 3 is 2.95 bits per heavy atom. The highest BCUT2D eigenvalue weighted by molar-refractivity contribution is 6.16. The molecule has 1 aliphatic rings. The van der Waals surface area contributed by atoms with Crippen molar-refractivity contribution in [2.45, 2.75) is 32.2 Å². The molecule has 4 heteroatoms. The highest BCUT2D eigenvalue weighted by Gasteiger charge is 2.28. The second-order valence-corrected chi connectivity index (χ2v) is 5.67. The standard InChI is InChI=1S/C15H16ClN3/c1-10(12-3-4-12)9-19-14-6-11(8-17)2-5-13(14)18-15(19)7-16/h2,5-6,10,12H,3-4,7,9H2,1H3. The molecule has 98 valence electrons. The second kappa shape index (κ2) is 4.86. The zero-order chi connectivity index (χ0) is 13.4. The smallest absolute Gasteiger partial charge is 0.124 e. The fourth-order valence-corrected chi connectivity index (χ4v) is 2.85. The SMILES string of the molecule is CC(Cn1c(CCl)nc2ccc(C#N)cc21)C1CC1. The molecule has 1 saturated carbocycles. The Morgan fingerprint density at radius 2 is 2.32 bits per heavy atom. The third-order valence-electron chi connectivity index (χ3n) is 3.97. The van der Waals surface area contributed by atoms with E-state index in [0.717, 1.165) is 29.3 Å². The molecule has 3 nitrogen and oxygen atoms in total. The summed E-state index contributed by atoms with van der Waals surface area (Å²) in [6.07, 6.45) is 2.68. The van der Waals surface area contributed by atoms with Crippen LogP contribution in [0.4, 0.5) is 0 Å². The van der Waals surface area contributed by atoms with Crippen LogP contribution >= 0.6 is 11.6 Å². The molecule has 0 radical (unpaired) electrons. The van der Waals surface area contributed by atoms with E-state index in [4.69, 9.17) is 16.9 Å². The normalized spacial score (nSPS) is 16.5. The van der Waals surface area contributed by atoms with Crippen LogP contribution in [0.3, 0.4) is 0 Å². The highest BCUT2D eigenvalue weighted by Crippen LogP contribution is 2.38. The lowest BCUT2D eigenvalue weighted by molar-refractivity contribution is 0.431. The van der Waals surface area contributed by atoms with Crippen LogP contribution in [0, 0.1) is 23.2 Å². The van der Waals surface area contributed by atoms with Gasteiger partial charge in [0.25, 0.3) is 0 Å². The molecule has 1 unspecified atom stereocenters. The van der Waals surface area contributed by atoms with Crippen LogP contribution in [0.5, 0.6) is 0 Å². The summed E-state index contributed by atoms with van der Waals surface area (Å²) < 4.78 is 2.19. The number of rotatable bonds is 4. The fourth-order valence-electron chi connectivity index (χ4n) is 2.65. The lowest BCUT2D eigenvalue weighted by Crippen LogP contribution is -2.11. The number of aromatic nitrogens is 2. The summed E-state index contributed by atoms with van der Waals surface area (Å²) in [6, 6.07) is 7.82. The van der Waals surface area contributed by atoms with E-state index in [1.165, 1.54) is 12.8 Å². The monoisotopic (exact) mass is 273 g/mol. The van der Waals surface area contributed by atoms with E-state index < -0.39 is 0 Å². The van der Waals surface area contributed by atoms with Gasteiger partial charge in [-0.25, -0.2) is 4.98 Å². The Morgan fingerprint density at radius 1 is 1.53 bits per heavy atom. The number of nitriles is 1. The molecule has 3 rings (SSSR count). The molecule has 19 heavy (non-hydrogen) atoms. The minimum Gasteiger partial charge on any atom is -0.327 e. The van der Waals surface area contributed by atoms with Gasteiger partial charge in [0.2, 0.25) is 0 Å². The van der Waals surface area contributed by atoms with Crippen LogP contribution in [0.25, 0.3) is 11.0 Å². The van der Waals surface area contributed by atoms with Gasteiger partial charge in [-0.05, 0) is 42.9 Å². The molecule has 0 amide bonds. The van der Waals surface area contributed by atoms with E-state index in [2.05, 4.69) is 22.5 Å². The fraction of sp³-hybridized carbons (Fsp3) is 0.467. The first kappa shape index (κ1) is 12.5. The maximum atomic E-state index is 9.03. The van der Waals surface area contributed by atoms with Gasteiger partial charge in [-0.2, -0.15) is 5.26 Å². The summed E-state index contributed by atoms with van der Waals surface area (Å²) in [5.74, 6) is 2.80. The van der Waals surface area contributed by atoms with E-state index in [1.807, 2.05) is 18.2 Å². The van der Waals surface area contributed by atoms with E-state index in [-0.39, 0.29) is 0 Å². The quantitative estimate of drug-likeness (QED) is 0.797. The van der Waals surface area contributed by atoms with Crippen LogP contribution in [-0.2, 0) is 12.4 Å². The number of halogens is 1. The van der Waals surface area contributed by atoms with E-state index in [1.54, 1.807) is 0 Å². The van der Waals surface area contributed by atoms with Crippen LogP contribution < -0.4 is 0 Å². The lowest BCUT2D eigenvalue weighted by atomic mass is 10.1. The van der Waals surface area contributed by atoms with E-state index in [0.29, 0.717) is 17.4 Å². The maximum absolute atomic E-state index is 9.03. The van der Waals surface area contributed by atoms with Gasteiger partial charge in [0.1, 0.15) is 5.82 Å². The van der Waals surface area contributed by atoms with Crippen molar-refractivity contribution >= 4 is 22.6 Å². The van der Waals surface area contributed by atoms with Gasteiger partial charge in [-0.15, -0.1) is 11.6 Å². The van der Waals surface area contributed by atoms with E-state index in [9.17, 15) is 0 Å². The predicted octanol–water partition coefficient (Wildman–Crippen LogP) is 3.69. The van der Waals surface area contributed by atoms with Crippen molar-refractivity contribution in [3.05, 3.63) is 29.6 Å². The van der Waals surface area contributed by atoms with Gasteiger partial charge in [0, 0.05) is 6.54 Å². The van der Waals surface area contributed by atoms with Crippen LogP contribution in [0.15, 0.2) is 18.2 Å². The Bertz CT molecular complexity index is 649. The molecule has 0 bridgehead atoms. The van der Waals surface area contributed by atoms with Crippen molar-refractivity contribution in [2.24, 2.45) is 11.8 Å². The van der Waals surface area contributed by atoms with Gasteiger partial charge in [0.05, 0.1) is 28.5 Å². The Kier molecular flexibility index (Phi) is 3.20. The average molecular weight is 274 g/mol. The second-order valence-electron chi connectivity index (χ2n) is 5.40. The van der Waals surface area contributed by atoms with E-state index >= 15 is 0 Å². The largest absolute Gasteiger partial charge is 0.327 e. The third-order valence-corrected chi connectivity index (χ3v) is 4.21. The molecule has 1 heterocycles. The topological polar surface area (TPSA) is 41.6 Å². The van der Waals surface area contributed by atoms with Crippen LogP contribution in [0.1, 0.15) is 31.2 Å². The minimum atomic E-state index is 0.411. The number of hydrogen-bond acceptors (Lipinski definition) is 2. The predicted molar refractivity (Wildman–Crippen MR) is 75.9 cm³/mol. The molecule has 0 N–H and O–H groups in total. The molecule has 0 aliphatic heterocycles. The summed E-state index contributed by atoms with van der Waals surface area (Å²) in [5.41, 5.74) is 2.63. The van der Waals surface area contributed by atoms with Gasteiger partial charge >= 0.3 is 0 Å². The molecular formula is C15H16ClN3. The molecule has 2 aromatic rings. The number of hydrogen-bond donors (Lipinski definition) is 0. The minimum absolute atomic E-state index is 0.411. The van der Waals surface area contributed by atoms with Crippen molar-refractivity contribution in [1.82, 2.24) is 9.55 Å². The number of imidazole rings is 1. The maximum Gasteiger partial charge on any atom is 0.124 e.